The van der Waals surface area contributed by atoms with Crippen molar-refractivity contribution in [2.24, 2.45) is 0 Å². The molecule has 102 valence electrons. The van der Waals surface area contributed by atoms with Crippen LogP contribution in [-0.2, 0) is 10.0 Å². The molecule has 0 aliphatic carbocycles. The van der Waals surface area contributed by atoms with Gasteiger partial charge in [0.1, 0.15) is 0 Å². The van der Waals surface area contributed by atoms with Gasteiger partial charge in [0.25, 0.3) is 0 Å². The molecule has 0 spiro atoms. The van der Waals surface area contributed by atoms with Gasteiger partial charge in [-0.05, 0) is 26.8 Å². The molecule has 1 N–H and O–H groups in total. The lowest BCUT2D eigenvalue weighted by Crippen LogP contribution is -2.51. The first-order valence-electron chi connectivity index (χ1n) is 6.26. The van der Waals surface area contributed by atoms with Crippen molar-refractivity contribution in [2.45, 2.75) is 39.3 Å². The van der Waals surface area contributed by atoms with E-state index in [-0.39, 0.29) is 18.3 Å². The maximum Gasteiger partial charge on any atom is 0.215 e. The fourth-order valence-corrected chi connectivity index (χ4v) is 3.95. The molecule has 1 unspecified atom stereocenters. The van der Waals surface area contributed by atoms with Gasteiger partial charge in [-0.1, -0.05) is 6.92 Å². The van der Waals surface area contributed by atoms with Gasteiger partial charge in [-0.3, -0.25) is 4.90 Å². The number of sulfonamides is 1. The highest BCUT2D eigenvalue weighted by atomic mass is 32.2. The minimum absolute atomic E-state index is 0.0904. The lowest BCUT2D eigenvalue weighted by atomic mass is 10.2. The molecule has 0 aromatic heterocycles. The Bertz CT molecular complexity index is 330. The molecule has 1 saturated heterocycles. The second kappa shape index (κ2) is 6.13. The first-order chi connectivity index (χ1) is 7.86. The normalized spacial score (nSPS) is 27.9. The fraction of sp³-hybridized carbons (Fsp3) is 1.00. The van der Waals surface area contributed by atoms with Crippen LogP contribution in [0.5, 0.6) is 0 Å². The van der Waals surface area contributed by atoms with Gasteiger partial charge >= 0.3 is 0 Å². The van der Waals surface area contributed by atoms with Crippen LogP contribution >= 0.6 is 0 Å². The van der Waals surface area contributed by atoms with Crippen LogP contribution in [0.2, 0.25) is 0 Å². The van der Waals surface area contributed by atoms with E-state index in [9.17, 15) is 13.5 Å². The molecule has 0 aromatic carbocycles. The monoisotopic (exact) mass is 264 g/mol. The number of rotatable bonds is 3. The predicted molar refractivity (Wildman–Crippen MR) is 68.4 cm³/mol. The van der Waals surface area contributed by atoms with Gasteiger partial charge < -0.3 is 5.11 Å². The molecule has 17 heavy (non-hydrogen) atoms. The Morgan fingerprint density at radius 3 is 2.53 bits per heavy atom. The van der Waals surface area contributed by atoms with Crippen LogP contribution in [0, 0.1) is 0 Å². The van der Waals surface area contributed by atoms with Crippen molar-refractivity contribution in [2.75, 3.05) is 31.9 Å². The number of aliphatic hydroxyl groups is 1. The first kappa shape index (κ1) is 14.9. The Morgan fingerprint density at radius 1 is 1.35 bits per heavy atom. The fourth-order valence-electron chi connectivity index (χ4n) is 2.18. The largest absolute Gasteiger partial charge is 0.390 e. The molecule has 0 aromatic rings. The molecule has 6 heteroatoms. The maximum atomic E-state index is 12.1. The number of β-amino-alcohol motifs (C(OH)–C–C–N with tert-alkyl or cyclic N) is 1. The summed E-state index contributed by atoms with van der Waals surface area (Å²) in [5, 5.41) is 9.91. The van der Waals surface area contributed by atoms with Crippen molar-refractivity contribution in [3.8, 4) is 0 Å². The van der Waals surface area contributed by atoms with E-state index in [0.717, 1.165) is 13.0 Å². The number of aliphatic hydroxyl groups excluding tert-OH is 1. The summed E-state index contributed by atoms with van der Waals surface area (Å²) < 4.78 is 25.6. The zero-order valence-corrected chi connectivity index (χ0v) is 11.8. The second-order valence-corrected chi connectivity index (χ2v) is 6.97. The van der Waals surface area contributed by atoms with Crippen molar-refractivity contribution in [1.82, 2.24) is 9.21 Å². The molecule has 1 aliphatic rings. The summed E-state index contributed by atoms with van der Waals surface area (Å²) in [5.74, 6) is 0.151. The molecule has 1 fully saturated rings. The van der Waals surface area contributed by atoms with E-state index in [2.05, 4.69) is 6.92 Å². The van der Waals surface area contributed by atoms with Crippen LogP contribution in [0.3, 0.4) is 0 Å². The molecule has 1 aliphatic heterocycles. The highest BCUT2D eigenvalue weighted by molar-refractivity contribution is 7.89. The van der Waals surface area contributed by atoms with Crippen molar-refractivity contribution in [1.29, 1.82) is 0 Å². The Labute approximate surface area is 104 Å². The van der Waals surface area contributed by atoms with Crippen molar-refractivity contribution >= 4 is 10.0 Å². The summed E-state index contributed by atoms with van der Waals surface area (Å²) in [6.45, 7) is 7.86. The van der Waals surface area contributed by atoms with Gasteiger partial charge in [0.05, 0.1) is 11.9 Å². The molecule has 1 rings (SSSR count). The average Bonchev–Trinajstić information content (AvgIpc) is 2.21. The minimum atomic E-state index is -3.24. The molecule has 5 nitrogen and oxygen atoms in total. The summed E-state index contributed by atoms with van der Waals surface area (Å²) in [6.07, 6.45) is 0.375. The van der Waals surface area contributed by atoms with Gasteiger partial charge in [-0.15, -0.1) is 0 Å². The first-order valence-corrected chi connectivity index (χ1v) is 7.87. The summed E-state index contributed by atoms with van der Waals surface area (Å²) in [7, 11) is -3.24. The highest BCUT2D eigenvalue weighted by Crippen LogP contribution is 2.13. The number of nitrogens with zero attached hydrogens (tertiary/aromatic N) is 2. The van der Waals surface area contributed by atoms with Gasteiger partial charge in [-0.25, -0.2) is 8.42 Å². The summed E-state index contributed by atoms with van der Waals surface area (Å²) in [5.41, 5.74) is 0. The zero-order valence-electron chi connectivity index (χ0n) is 11.0. The smallest absolute Gasteiger partial charge is 0.215 e. The zero-order chi connectivity index (χ0) is 13.1. The van der Waals surface area contributed by atoms with Crippen molar-refractivity contribution < 1.29 is 13.5 Å². The molecule has 1 heterocycles. The van der Waals surface area contributed by atoms with E-state index in [0.29, 0.717) is 13.1 Å². The van der Waals surface area contributed by atoms with Crippen molar-refractivity contribution in [3.05, 3.63) is 0 Å². The Kier molecular flexibility index (Phi) is 5.37. The molecule has 0 radical (unpaired) electrons. The number of hydrogen-bond acceptors (Lipinski definition) is 4. The van der Waals surface area contributed by atoms with Crippen LogP contribution in [0.4, 0.5) is 0 Å². The standard InChI is InChI=1S/C11H24N2O3S/c1-4-5-12-6-7-17(15,16)13(10(2)3)9-11(14)8-12/h10-11,14H,4-9H2,1-3H3. The van der Waals surface area contributed by atoms with Crippen LogP contribution in [0.1, 0.15) is 27.2 Å². The molecule has 0 saturated carbocycles. The summed E-state index contributed by atoms with van der Waals surface area (Å²) in [6, 6.07) is -0.0904. The summed E-state index contributed by atoms with van der Waals surface area (Å²) in [4.78, 5) is 2.03. The number of hydrogen-bond donors (Lipinski definition) is 1. The molecule has 0 bridgehead atoms. The van der Waals surface area contributed by atoms with Crippen LogP contribution < -0.4 is 0 Å². The lowest BCUT2D eigenvalue weighted by Gasteiger charge is -2.34. The molecule has 1 atom stereocenters. The second-order valence-electron chi connectivity index (χ2n) is 4.93. The third kappa shape index (κ3) is 4.21. The van der Waals surface area contributed by atoms with E-state index < -0.39 is 16.1 Å². The van der Waals surface area contributed by atoms with E-state index in [1.807, 2.05) is 18.7 Å². The SMILES string of the molecule is CCCN1CCS(=O)(=O)N(C(C)C)CC(O)C1. The van der Waals surface area contributed by atoms with E-state index >= 15 is 0 Å². The van der Waals surface area contributed by atoms with Crippen molar-refractivity contribution in [3.63, 3.8) is 0 Å². The van der Waals surface area contributed by atoms with Gasteiger partial charge in [0.2, 0.25) is 10.0 Å². The van der Waals surface area contributed by atoms with Gasteiger partial charge in [-0.2, -0.15) is 4.31 Å². The predicted octanol–water partition coefficient (Wildman–Crippen LogP) is 0.113. The Balaban J connectivity index is 2.79. The molecular weight excluding hydrogens is 240 g/mol. The highest BCUT2D eigenvalue weighted by Gasteiger charge is 2.30. The van der Waals surface area contributed by atoms with Crippen LogP contribution in [-0.4, -0.2) is 66.8 Å². The average molecular weight is 264 g/mol. The van der Waals surface area contributed by atoms with Gasteiger partial charge in [0, 0.05) is 25.7 Å². The topological polar surface area (TPSA) is 60.9 Å². The lowest BCUT2D eigenvalue weighted by molar-refractivity contribution is 0.0861. The Hall–Kier alpha value is -0.170. The van der Waals surface area contributed by atoms with E-state index in [1.54, 1.807) is 0 Å². The van der Waals surface area contributed by atoms with E-state index in [4.69, 9.17) is 0 Å². The Morgan fingerprint density at radius 2 is 2.00 bits per heavy atom. The van der Waals surface area contributed by atoms with Crippen LogP contribution in [0.15, 0.2) is 0 Å². The maximum absolute atomic E-state index is 12.1. The summed E-state index contributed by atoms with van der Waals surface area (Å²) >= 11 is 0. The molecule has 0 amide bonds. The van der Waals surface area contributed by atoms with Crippen LogP contribution in [0.25, 0.3) is 0 Å². The quantitative estimate of drug-likeness (QED) is 0.786. The van der Waals surface area contributed by atoms with Gasteiger partial charge in [0.15, 0.2) is 0 Å². The minimum Gasteiger partial charge on any atom is -0.390 e. The molecular formula is C11H24N2O3S. The third-order valence-corrected chi connectivity index (χ3v) is 4.98. The van der Waals surface area contributed by atoms with E-state index in [1.165, 1.54) is 4.31 Å². The third-order valence-electron chi connectivity index (χ3n) is 3.00.